The SMILES string of the molecule is COc1cc(Cl)c(C)c(C2(N)CCCC2)c1O. The van der Waals surface area contributed by atoms with Crippen molar-refractivity contribution in [3.8, 4) is 11.5 Å². The molecule has 1 aromatic rings. The van der Waals surface area contributed by atoms with E-state index >= 15 is 0 Å². The molecule has 0 atom stereocenters. The third-order valence-corrected chi connectivity index (χ3v) is 4.07. The Kier molecular flexibility index (Phi) is 3.23. The Morgan fingerprint density at radius 2 is 2.00 bits per heavy atom. The van der Waals surface area contributed by atoms with Gasteiger partial charge in [-0.1, -0.05) is 24.4 Å². The molecule has 3 N–H and O–H groups in total. The molecule has 1 fully saturated rings. The second kappa shape index (κ2) is 4.39. The van der Waals surface area contributed by atoms with Crippen LogP contribution in [-0.2, 0) is 5.54 Å². The van der Waals surface area contributed by atoms with Crippen molar-refractivity contribution in [2.75, 3.05) is 7.11 Å². The lowest BCUT2D eigenvalue weighted by atomic mass is 9.85. The molecule has 0 radical (unpaired) electrons. The van der Waals surface area contributed by atoms with Crippen molar-refractivity contribution in [1.82, 2.24) is 0 Å². The van der Waals surface area contributed by atoms with Gasteiger partial charge in [0.1, 0.15) is 0 Å². The summed E-state index contributed by atoms with van der Waals surface area (Å²) in [6.45, 7) is 1.89. The van der Waals surface area contributed by atoms with E-state index in [1.165, 1.54) is 7.11 Å². The largest absolute Gasteiger partial charge is 0.504 e. The number of methoxy groups -OCH3 is 1. The summed E-state index contributed by atoms with van der Waals surface area (Å²) in [6.07, 6.45) is 3.93. The Morgan fingerprint density at radius 1 is 1.41 bits per heavy atom. The summed E-state index contributed by atoms with van der Waals surface area (Å²) in [7, 11) is 1.52. The smallest absolute Gasteiger partial charge is 0.163 e. The third-order valence-electron chi connectivity index (χ3n) is 3.67. The summed E-state index contributed by atoms with van der Waals surface area (Å²) in [4.78, 5) is 0. The Morgan fingerprint density at radius 3 is 2.53 bits per heavy atom. The minimum atomic E-state index is -0.466. The van der Waals surface area contributed by atoms with Crippen LogP contribution in [0.15, 0.2) is 6.07 Å². The zero-order valence-corrected chi connectivity index (χ0v) is 11.0. The summed E-state index contributed by atoms with van der Waals surface area (Å²) in [5.74, 6) is 0.533. The van der Waals surface area contributed by atoms with Gasteiger partial charge in [0.15, 0.2) is 11.5 Å². The summed E-state index contributed by atoms with van der Waals surface area (Å²) >= 11 is 6.16. The lowest BCUT2D eigenvalue weighted by Crippen LogP contribution is -2.34. The number of ether oxygens (including phenoxy) is 1. The topological polar surface area (TPSA) is 55.5 Å². The van der Waals surface area contributed by atoms with Gasteiger partial charge in [0, 0.05) is 22.2 Å². The van der Waals surface area contributed by atoms with Gasteiger partial charge in [-0.3, -0.25) is 0 Å². The molecule has 1 aliphatic rings. The van der Waals surface area contributed by atoms with E-state index in [2.05, 4.69) is 0 Å². The highest BCUT2D eigenvalue weighted by atomic mass is 35.5. The molecule has 2 rings (SSSR count). The van der Waals surface area contributed by atoms with Crippen LogP contribution in [0.25, 0.3) is 0 Å². The van der Waals surface area contributed by atoms with Gasteiger partial charge in [-0.2, -0.15) is 0 Å². The average molecular weight is 256 g/mol. The van der Waals surface area contributed by atoms with Crippen LogP contribution in [-0.4, -0.2) is 12.2 Å². The van der Waals surface area contributed by atoms with Crippen LogP contribution in [0.5, 0.6) is 11.5 Å². The molecule has 0 amide bonds. The van der Waals surface area contributed by atoms with E-state index in [-0.39, 0.29) is 5.75 Å². The van der Waals surface area contributed by atoms with Crippen molar-refractivity contribution < 1.29 is 9.84 Å². The van der Waals surface area contributed by atoms with Crippen LogP contribution in [0.3, 0.4) is 0 Å². The molecule has 94 valence electrons. The van der Waals surface area contributed by atoms with Crippen molar-refractivity contribution in [2.45, 2.75) is 38.1 Å². The van der Waals surface area contributed by atoms with Gasteiger partial charge >= 0.3 is 0 Å². The summed E-state index contributed by atoms with van der Waals surface area (Å²) in [5.41, 5.74) is 7.54. The van der Waals surface area contributed by atoms with E-state index in [0.717, 1.165) is 36.8 Å². The molecule has 0 unspecified atom stereocenters. The first-order valence-corrected chi connectivity index (χ1v) is 6.23. The van der Waals surface area contributed by atoms with Crippen LogP contribution in [0.1, 0.15) is 36.8 Å². The summed E-state index contributed by atoms with van der Waals surface area (Å²) in [6, 6.07) is 1.63. The maximum atomic E-state index is 10.3. The lowest BCUT2D eigenvalue weighted by Gasteiger charge is -2.28. The molecule has 4 heteroatoms. The van der Waals surface area contributed by atoms with Crippen LogP contribution in [0.2, 0.25) is 5.02 Å². The molecule has 3 nitrogen and oxygen atoms in total. The second-order valence-electron chi connectivity index (χ2n) is 4.77. The van der Waals surface area contributed by atoms with E-state index in [1.807, 2.05) is 6.92 Å². The summed E-state index contributed by atoms with van der Waals surface area (Å²) < 4.78 is 5.14. The minimum absolute atomic E-state index is 0.138. The minimum Gasteiger partial charge on any atom is -0.504 e. The fourth-order valence-corrected chi connectivity index (χ4v) is 2.93. The highest BCUT2D eigenvalue weighted by molar-refractivity contribution is 6.31. The number of phenolic OH excluding ortho intramolecular Hbond substituents is 1. The number of halogens is 1. The maximum Gasteiger partial charge on any atom is 0.163 e. The predicted molar refractivity (Wildman–Crippen MR) is 68.7 cm³/mol. The number of hydrogen-bond acceptors (Lipinski definition) is 3. The second-order valence-corrected chi connectivity index (χ2v) is 5.18. The zero-order chi connectivity index (χ0) is 12.6. The highest BCUT2D eigenvalue weighted by Crippen LogP contribution is 2.47. The molecule has 1 aliphatic carbocycles. The number of rotatable bonds is 2. The standard InChI is InChI=1S/C13H18ClNO2/c1-8-9(14)7-10(17-2)12(16)11(8)13(15)5-3-4-6-13/h7,16H,3-6,15H2,1-2H3. The Hall–Kier alpha value is -0.930. The van der Waals surface area contributed by atoms with E-state index in [0.29, 0.717) is 10.8 Å². The lowest BCUT2D eigenvalue weighted by molar-refractivity contribution is 0.354. The average Bonchev–Trinajstić information content (AvgIpc) is 2.71. The highest BCUT2D eigenvalue weighted by Gasteiger charge is 2.36. The Bertz CT molecular complexity index is 440. The van der Waals surface area contributed by atoms with Crippen molar-refractivity contribution >= 4 is 11.6 Å². The van der Waals surface area contributed by atoms with Gasteiger partial charge in [0.25, 0.3) is 0 Å². The zero-order valence-electron chi connectivity index (χ0n) is 10.2. The molecule has 0 saturated heterocycles. The molecule has 0 aliphatic heterocycles. The van der Waals surface area contributed by atoms with E-state index in [4.69, 9.17) is 22.1 Å². The fourth-order valence-electron chi connectivity index (χ4n) is 2.73. The van der Waals surface area contributed by atoms with Gasteiger partial charge in [-0.15, -0.1) is 0 Å². The molecule has 1 aromatic carbocycles. The monoisotopic (exact) mass is 255 g/mol. The molecular formula is C13H18ClNO2. The number of phenols is 1. The first kappa shape index (κ1) is 12.5. The number of benzene rings is 1. The van der Waals surface area contributed by atoms with E-state index in [1.54, 1.807) is 6.07 Å². The Labute approximate surface area is 107 Å². The van der Waals surface area contributed by atoms with Crippen molar-refractivity contribution in [3.05, 3.63) is 22.2 Å². The molecule has 17 heavy (non-hydrogen) atoms. The maximum absolute atomic E-state index is 10.3. The van der Waals surface area contributed by atoms with Gasteiger partial charge in [0.05, 0.1) is 7.11 Å². The van der Waals surface area contributed by atoms with E-state index in [9.17, 15) is 5.11 Å². The van der Waals surface area contributed by atoms with Gasteiger partial charge in [-0.25, -0.2) is 0 Å². The first-order valence-electron chi connectivity index (χ1n) is 5.85. The van der Waals surface area contributed by atoms with Gasteiger partial charge in [-0.05, 0) is 25.3 Å². The van der Waals surface area contributed by atoms with Crippen molar-refractivity contribution in [2.24, 2.45) is 5.73 Å². The molecule has 0 aromatic heterocycles. The molecular weight excluding hydrogens is 238 g/mol. The number of aromatic hydroxyl groups is 1. The van der Waals surface area contributed by atoms with Crippen molar-refractivity contribution in [3.63, 3.8) is 0 Å². The predicted octanol–water partition coefficient (Wildman–Crippen LogP) is 3.09. The molecule has 1 saturated carbocycles. The van der Waals surface area contributed by atoms with Crippen LogP contribution in [0.4, 0.5) is 0 Å². The fraction of sp³-hybridized carbons (Fsp3) is 0.538. The van der Waals surface area contributed by atoms with Crippen LogP contribution < -0.4 is 10.5 Å². The molecule has 0 spiro atoms. The van der Waals surface area contributed by atoms with Crippen molar-refractivity contribution in [1.29, 1.82) is 0 Å². The molecule has 0 heterocycles. The Balaban J connectivity index is 2.62. The molecule has 0 bridgehead atoms. The van der Waals surface area contributed by atoms with E-state index < -0.39 is 5.54 Å². The normalized spacial score (nSPS) is 18.4. The van der Waals surface area contributed by atoms with Gasteiger partial charge < -0.3 is 15.6 Å². The third kappa shape index (κ3) is 1.98. The quantitative estimate of drug-likeness (QED) is 0.854. The first-order chi connectivity index (χ1) is 7.99. The van der Waals surface area contributed by atoms with Crippen LogP contribution in [0, 0.1) is 6.92 Å². The van der Waals surface area contributed by atoms with Crippen LogP contribution >= 0.6 is 11.6 Å². The van der Waals surface area contributed by atoms with Gasteiger partial charge in [0.2, 0.25) is 0 Å². The number of nitrogens with two attached hydrogens (primary N) is 1. The summed E-state index contributed by atoms with van der Waals surface area (Å²) in [5, 5.41) is 10.8. The number of hydrogen-bond donors (Lipinski definition) is 2.